The Hall–Kier alpha value is -2.94. The molecule has 0 radical (unpaired) electrons. The van der Waals surface area contributed by atoms with Crippen molar-refractivity contribution in [2.45, 2.75) is 93.3 Å². The van der Waals surface area contributed by atoms with Crippen LogP contribution in [0.5, 0.6) is 0 Å². The van der Waals surface area contributed by atoms with Crippen LogP contribution in [0, 0.1) is 11.8 Å². The fraction of sp³-hybridized carbons (Fsp3) is 0.421. The summed E-state index contributed by atoms with van der Waals surface area (Å²) in [6, 6.07) is 0. The van der Waals surface area contributed by atoms with E-state index in [2.05, 4.69) is 140 Å². The van der Waals surface area contributed by atoms with Gasteiger partial charge in [0.15, 0.2) is 0 Å². The van der Waals surface area contributed by atoms with Crippen molar-refractivity contribution in [3.63, 3.8) is 0 Å². The van der Waals surface area contributed by atoms with Crippen LogP contribution in [0.2, 0.25) is 0 Å². The summed E-state index contributed by atoms with van der Waals surface area (Å²) >= 11 is 0. The number of hydrogen-bond acceptors (Lipinski definition) is 2. The maximum atomic E-state index is 9.93. The van der Waals surface area contributed by atoms with Gasteiger partial charge < -0.3 is 10.2 Å². The van der Waals surface area contributed by atoms with Gasteiger partial charge in [-0.3, -0.25) is 0 Å². The molecule has 0 fully saturated rings. The second-order valence-electron chi connectivity index (χ2n) is 11.9. The molecule has 40 heavy (non-hydrogen) atoms. The Bertz CT molecular complexity index is 1110. The molecule has 0 saturated carbocycles. The van der Waals surface area contributed by atoms with Crippen LogP contribution >= 0.6 is 0 Å². The zero-order valence-corrected chi connectivity index (χ0v) is 26.1. The minimum absolute atomic E-state index is 0.193. The van der Waals surface area contributed by atoms with E-state index in [1.807, 2.05) is 0 Å². The molecule has 2 aliphatic rings. The fourth-order valence-electron chi connectivity index (χ4n) is 5.42. The molecule has 4 atom stereocenters. The number of aliphatic hydroxyl groups excluding tert-OH is 2. The molecule has 0 aliphatic heterocycles. The zero-order valence-electron chi connectivity index (χ0n) is 26.1. The third-order valence-electron chi connectivity index (χ3n) is 7.70. The monoisotopic (exact) mass is 540 g/mol. The van der Waals surface area contributed by atoms with Gasteiger partial charge in [0, 0.05) is 0 Å². The number of aliphatic hydroxyl groups is 2. The second kappa shape index (κ2) is 17.0. The second-order valence-corrected chi connectivity index (χ2v) is 11.9. The third kappa shape index (κ3) is 12.1. The van der Waals surface area contributed by atoms with Gasteiger partial charge >= 0.3 is 0 Å². The predicted molar refractivity (Wildman–Crippen MR) is 175 cm³/mol. The first-order valence-electron chi connectivity index (χ1n) is 14.8. The van der Waals surface area contributed by atoms with Crippen LogP contribution in [0.4, 0.5) is 0 Å². The van der Waals surface area contributed by atoms with Crippen LogP contribution in [-0.2, 0) is 0 Å². The summed E-state index contributed by atoms with van der Waals surface area (Å²) in [4.78, 5) is 0. The summed E-state index contributed by atoms with van der Waals surface area (Å²) < 4.78 is 0. The lowest BCUT2D eigenvalue weighted by atomic mass is 9.82. The van der Waals surface area contributed by atoms with Crippen molar-refractivity contribution in [2.24, 2.45) is 11.8 Å². The first kappa shape index (κ1) is 33.3. The lowest BCUT2D eigenvalue weighted by Crippen LogP contribution is -2.19. The van der Waals surface area contributed by atoms with E-state index in [1.165, 1.54) is 44.6 Å². The van der Waals surface area contributed by atoms with Crippen LogP contribution in [0.15, 0.2) is 130 Å². The minimum Gasteiger partial charge on any atom is -0.393 e. The molecule has 2 rings (SSSR count). The summed E-state index contributed by atoms with van der Waals surface area (Å²) in [5.41, 5.74) is 10.1. The van der Waals surface area contributed by atoms with Crippen molar-refractivity contribution < 1.29 is 10.2 Å². The maximum absolute atomic E-state index is 9.93. The summed E-state index contributed by atoms with van der Waals surface area (Å²) in [6.45, 7) is 17.1. The van der Waals surface area contributed by atoms with Gasteiger partial charge in [0.05, 0.1) is 12.2 Å². The largest absolute Gasteiger partial charge is 0.393 e. The van der Waals surface area contributed by atoms with Gasteiger partial charge in [-0.25, -0.2) is 0 Å². The van der Waals surface area contributed by atoms with E-state index >= 15 is 0 Å². The van der Waals surface area contributed by atoms with Gasteiger partial charge in [0.2, 0.25) is 0 Å². The van der Waals surface area contributed by atoms with Crippen LogP contribution < -0.4 is 0 Å². The van der Waals surface area contributed by atoms with Crippen molar-refractivity contribution >= 4 is 0 Å². The van der Waals surface area contributed by atoms with Crippen molar-refractivity contribution in [2.75, 3.05) is 0 Å². The molecule has 0 heterocycles. The minimum atomic E-state index is -0.193. The Morgan fingerprint density at radius 2 is 0.875 bits per heavy atom. The summed E-state index contributed by atoms with van der Waals surface area (Å²) in [5, 5.41) is 19.9. The lowest BCUT2D eigenvalue weighted by molar-refractivity contribution is 0.143. The number of allylic oxidation sites excluding steroid dienone is 20. The molecule has 0 aromatic rings. The topological polar surface area (TPSA) is 40.5 Å². The van der Waals surface area contributed by atoms with E-state index in [9.17, 15) is 10.2 Å². The van der Waals surface area contributed by atoms with Gasteiger partial charge in [-0.15, -0.1) is 0 Å². The summed E-state index contributed by atoms with van der Waals surface area (Å²) in [7, 11) is 0. The first-order chi connectivity index (χ1) is 19.0. The van der Waals surface area contributed by atoms with Crippen molar-refractivity contribution in [1.29, 1.82) is 0 Å². The molecule has 2 aliphatic carbocycles. The normalized spacial score (nSPS) is 26.8. The quantitative estimate of drug-likeness (QED) is 0.271. The van der Waals surface area contributed by atoms with E-state index in [1.54, 1.807) is 0 Å². The van der Waals surface area contributed by atoms with E-state index in [0.717, 1.165) is 25.7 Å². The van der Waals surface area contributed by atoms with Gasteiger partial charge in [0.1, 0.15) is 0 Å². The molecule has 2 N–H and O–H groups in total. The van der Waals surface area contributed by atoms with Crippen LogP contribution in [-0.4, -0.2) is 22.4 Å². The molecule has 0 amide bonds. The Balaban J connectivity index is 1.86. The summed E-state index contributed by atoms with van der Waals surface area (Å²) in [5.74, 6) is 0.816. The van der Waals surface area contributed by atoms with Gasteiger partial charge in [0.25, 0.3) is 0 Å². The van der Waals surface area contributed by atoms with Crippen LogP contribution in [0.25, 0.3) is 0 Å². The van der Waals surface area contributed by atoms with E-state index in [0.29, 0.717) is 11.8 Å². The number of hydrogen-bond donors (Lipinski definition) is 2. The smallest absolute Gasteiger partial charge is 0.0583 e. The molecule has 0 saturated heterocycles. The standard InChI is InChI=1S/C38H52O2/c1-27(15-11-17-29(3)19-21-37-31(5)23-35(39)24-32(37)6)13-9-10-14-28(2)16-12-18-30(4)20-22-38-33(7)25-36(40)26-34(38)8/h9-22,31,33,35-36,39-40H,23-26H2,1-8H3/b10-9+,15-11+,16-12+,21-19+,22-20+,27-13+,28-14+,29-17+,30-18+/t31-,33-,35+,36+/m1/s1. The Morgan fingerprint density at radius 1 is 0.550 bits per heavy atom. The highest BCUT2D eigenvalue weighted by molar-refractivity contribution is 5.37. The third-order valence-corrected chi connectivity index (χ3v) is 7.70. The molecule has 216 valence electrons. The van der Waals surface area contributed by atoms with Crippen molar-refractivity contribution in [3.05, 3.63) is 130 Å². The molecule has 2 heteroatoms. The summed E-state index contributed by atoms with van der Waals surface area (Å²) in [6.07, 6.45) is 32.7. The Kier molecular flexibility index (Phi) is 14.1. The van der Waals surface area contributed by atoms with Gasteiger partial charge in [-0.1, -0.05) is 132 Å². The van der Waals surface area contributed by atoms with E-state index in [4.69, 9.17) is 0 Å². The van der Waals surface area contributed by atoms with Crippen LogP contribution in [0.1, 0.15) is 81.1 Å². The molecular formula is C38H52O2. The van der Waals surface area contributed by atoms with E-state index < -0.39 is 0 Å². The Labute approximate surface area is 244 Å². The van der Waals surface area contributed by atoms with Crippen molar-refractivity contribution in [3.8, 4) is 0 Å². The average Bonchev–Trinajstić information content (AvgIpc) is 2.85. The first-order valence-corrected chi connectivity index (χ1v) is 14.8. The number of rotatable bonds is 10. The molecule has 0 aromatic heterocycles. The van der Waals surface area contributed by atoms with Gasteiger partial charge in [-0.2, -0.15) is 0 Å². The average molecular weight is 541 g/mol. The molecule has 0 unspecified atom stereocenters. The van der Waals surface area contributed by atoms with E-state index in [-0.39, 0.29) is 12.2 Å². The molecule has 0 spiro atoms. The zero-order chi connectivity index (χ0) is 29.7. The SMILES string of the molecule is CC1=C(/C=C/C(C)=C/C=C/C(C)=C/C=C/C=C(C)/C=C/C=C(C)/C=C/C2=C(C)C[C@@H](O)C[C@H]2C)[C@H](C)C[C@H](O)C1. The Morgan fingerprint density at radius 3 is 1.23 bits per heavy atom. The highest BCUT2D eigenvalue weighted by atomic mass is 16.3. The lowest BCUT2D eigenvalue weighted by Gasteiger charge is -2.26. The molecule has 0 aromatic carbocycles. The van der Waals surface area contributed by atoms with Crippen molar-refractivity contribution in [1.82, 2.24) is 0 Å². The maximum Gasteiger partial charge on any atom is 0.0583 e. The molecule has 2 nitrogen and oxygen atoms in total. The van der Waals surface area contributed by atoms with Gasteiger partial charge in [-0.05, 0) is 90.2 Å². The van der Waals surface area contributed by atoms with Crippen LogP contribution in [0.3, 0.4) is 0 Å². The molecule has 0 bridgehead atoms. The fourth-order valence-corrected chi connectivity index (χ4v) is 5.42. The molecular weight excluding hydrogens is 488 g/mol. The highest BCUT2D eigenvalue weighted by Gasteiger charge is 2.22. The highest BCUT2D eigenvalue weighted by Crippen LogP contribution is 2.32. The predicted octanol–water partition coefficient (Wildman–Crippen LogP) is 9.77.